The number of ether oxygens (including phenoxy) is 2. The highest BCUT2D eigenvalue weighted by Gasteiger charge is 2.30. The van der Waals surface area contributed by atoms with Crippen molar-refractivity contribution in [3.63, 3.8) is 0 Å². The second-order valence-corrected chi connectivity index (χ2v) is 7.25. The van der Waals surface area contributed by atoms with Gasteiger partial charge in [0.1, 0.15) is 18.6 Å². The van der Waals surface area contributed by atoms with E-state index in [-0.39, 0.29) is 11.9 Å². The predicted octanol–water partition coefficient (Wildman–Crippen LogP) is 4.98. The zero-order valence-electron chi connectivity index (χ0n) is 19.3. The number of unbranched alkanes of at least 4 members (excludes halogenated alkanes) is 2. The molecule has 0 saturated carbocycles. The summed E-state index contributed by atoms with van der Waals surface area (Å²) in [5, 5.41) is 0. The normalized spacial score (nSPS) is 14.4. The fourth-order valence-electron chi connectivity index (χ4n) is 3.14. The summed E-state index contributed by atoms with van der Waals surface area (Å²) in [5.41, 5.74) is 4.52. The van der Waals surface area contributed by atoms with Crippen LogP contribution in [-0.2, 0) is 24.0 Å². The number of carbonyl (C=O) groups is 2. The van der Waals surface area contributed by atoms with E-state index in [4.69, 9.17) is 19.1 Å². The summed E-state index contributed by atoms with van der Waals surface area (Å²) in [6, 6.07) is 5.23. The molecule has 2 rings (SSSR count). The van der Waals surface area contributed by atoms with Gasteiger partial charge in [0.25, 0.3) is 0 Å². The predicted molar refractivity (Wildman–Crippen MR) is 122 cm³/mol. The van der Waals surface area contributed by atoms with Crippen LogP contribution >= 0.6 is 0 Å². The van der Waals surface area contributed by atoms with Gasteiger partial charge in [0.15, 0.2) is 0 Å². The number of nitrogens with one attached hydrogen (secondary N) is 1. The van der Waals surface area contributed by atoms with Gasteiger partial charge in [-0.1, -0.05) is 38.8 Å². The van der Waals surface area contributed by atoms with Crippen molar-refractivity contribution in [1.82, 2.24) is 0 Å². The van der Waals surface area contributed by atoms with Gasteiger partial charge in [-0.2, -0.15) is 0 Å². The molecule has 0 heterocycles. The maximum atomic E-state index is 12.3. The molecule has 8 heteroatoms. The summed E-state index contributed by atoms with van der Waals surface area (Å²) < 4.78 is 12.7. The Morgan fingerprint density at radius 1 is 1.03 bits per heavy atom. The van der Waals surface area contributed by atoms with Crippen LogP contribution in [0, 0.1) is 0 Å². The average Bonchev–Trinajstić information content (AvgIpc) is 2.79. The molecule has 1 N–H and O–H groups in total. The molecule has 0 unspecified atom stereocenters. The molecular weight excluding hydrogens is 412 g/mol. The summed E-state index contributed by atoms with van der Waals surface area (Å²) in [6.45, 7) is 4.04. The van der Waals surface area contributed by atoms with Gasteiger partial charge in [-0.15, -0.1) is 0 Å². The third-order valence-electron chi connectivity index (χ3n) is 4.72. The van der Waals surface area contributed by atoms with Gasteiger partial charge in [0, 0.05) is 23.7 Å². The van der Waals surface area contributed by atoms with Crippen molar-refractivity contribution in [2.75, 3.05) is 19.7 Å². The van der Waals surface area contributed by atoms with Crippen LogP contribution in [0.4, 0.5) is 11.4 Å². The Balaban J connectivity index is 2.38. The lowest BCUT2D eigenvalue weighted by Crippen LogP contribution is -2.20. The van der Waals surface area contributed by atoms with E-state index in [9.17, 15) is 9.59 Å². The summed E-state index contributed by atoms with van der Waals surface area (Å²) in [7, 11) is 3.00. The van der Waals surface area contributed by atoms with E-state index in [2.05, 4.69) is 5.48 Å². The van der Waals surface area contributed by atoms with Crippen LogP contribution in [0.5, 0.6) is 5.75 Å². The Hall–Kier alpha value is -3.13. The van der Waals surface area contributed by atoms with Crippen molar-refractivity contribution in [1.29, 1.82) is 0 Å². The number of hydrogen-bond acceptors (Lipinski definition) is 7. The van der Waals surface area contributed by atoms with Gasteiger partial charge in [-0.25, -0.2) is 0 Å². The average molecular weight is 446 g/mol. The SMILES string of the molecule is CCCCC(=O)OC1=CC=C/C(=[N+](\OC)c2c(NOC)cccc2OC(=O)CCCC)C1. The minimum atomic E-state index is -0.326. The number of carbonyl (C=O) groups excluding carboxylic acids is 2. The van der Waals surface area contributed by atoms with Crippen molar-refractivity contribution in [3.05, 3.63) is 42.2 Å². The lowest BCUT2D eigenvalue weighted by molar-refractivity contribution is -0.720. The molecule has 1 aromatic carbocycles. The van der Waals surface area contributed by atoms with E-state index >= 15 is 0 Å². The summed E-state index contributed by atoms with van der Waals surface area (Å²) >= 11 is 0. The molecule has 0 bridgehead atoms. The maximum absolute atomic E-state index is 12.3. The zero-order chi connectivity index (χ0) is 23.3. The Labute approximate surface area is 189 Å². The van der Waals surface area contributed by atoms with Crippen LogP contribution in [0.3, 0.4) is 0 Å². The molecule has 0 fully saturated rings. The summed E-state index contributed by atoms with van der Waals surface area (Å²) in [4.78, 5) is 35.2. The minimum absolute atomic E-state index is 0.260. The van der Waals surface area contributed by atoms with E-state index in [1.165, 1.54) is 19.0 Å². The first-order valence-corrected chi connectivity index (χ1v) is 10.9. The lowest BCUT2D eigenvalue weighted by atomic mass is 10.1. The quantitative estimate of drug-likeness (QED) is 0.210. The molecule has 0 aliphatic heterocycles. The number of anilines is 1. The Morgan fingerprint density at radius 3 is 2.34 bits per heavy atom. The molecule has 174 valence electrons. The Bertz CT molecular complexity index is 888. The van der Waals surface area contributed by atoms with Crippen molar-refractivity contribution in [2.45, 2.75) is 58.8 Å². The van der Waals surface area contributed by atoms with Crippen LogP contribution in [0.1, 0.15) is 58.8 Å². The van der Waals surface area contributed by atoms with Gasteiger partial charge >= 0.3 is 17.6 Å². The van der Waals surface area contributed by atoms with Crippen molar-refractivity contribution in [2.24, 2.45) is 0 Å². The summed E-state index contributed by atoms with van der Waals surface area (Å²) in [5.74, 6) is 0.258. The van der Waals surface area contributed by atoms with Crippen molar-refractivity contribution >= 4 is 29.0 Å². The molecule has 0 saturated heterocycles. The first kappa shape index (κ1) is 25.1. The third kappa shape index (κ3) is 7.23. The second-order valence-electron chi connectivity index (χ2n) is 7.25. The highest BCUT2D eigenvalue weighted by atomic mass is 16.7. The first-order chi connectivity index (χ1) is 15.5. The molecule has 8 nitrogen and oxygen atoms in total. The van der Waals surface area contributed by atoms with E-state index < -0.39 is 0 Å². The molecule has 1 aliphatic rings. The van der Waals surface area contributed by atoms with Gasteiger partial charge in [0.2, 0.25) is 11.5 Å². The molecule has 1 aromatic rings. The highest BCUT2D eigenvalue weighted by molar-refractivity contribution is 5.95. The molecular formula is C24H33N2O6+. The zero-order valence-corrected chi connectivity index (χ0v) is 19.3. The minimum Gasteiger partial charge on any atom is -0.430 e. The number of nitrogens with zero attached hydrogens (tertiary/aromatic N) is 1. The first-order valence-electron chi connectivity index (χ1n) is 10.9. The topological polar surface area (TPSA) is 86.1 Å². The number of para-hydroxylation sites is 1. The number of hydrogen-bond donors (Lipinski definition) is 1. The smallest absolute Gasteiger partial charge is 0.325 e. The number of allylic oxidation sites excluding steroid dienone is 4. The maximum Gasteiger partial charge on any atom is 0.325 e. The number of rotatable bonds is 12. The van der Waals surface area contributed by atoms with Gasteiger partial charge < -0.3 is 9.47 Å². The molecule has 0 amide bonds. The van der Waals surface area contributed by atoms with Crippen molar-refractivity contribution in [3.8, 4) is 5.75 Å². The van der Waals surface area contributed by atoms with Crippen molar-refractivity contribution < 1.29 is 33.5 Å². The number of esters is 2. The van der Waals surface area contributed by atoms with E-state index in [0.717, 1.165) is 25.7 Å². The number of benzene rings is 1. The lowest BCUT2D eigenvalue weighted by Gasteiger charge is -2.14. The van der Waals surface area contributed by atoms with E-state index in [1.54, 1.807) is 30.4 Å². The van der Waals surface area contributed by atoms with Crippen LogP contribution in [0.25, 0.3) is 0 Å². The molecule has 0 aromatic heterocycles. The largest absolute Gasteiger partial charge is 0.430 e. The third-order valence-corrected chi connectivity index (χ3v) is 4.72. The Kier molecular flexibility index (Phi) is 10.5. The standard InChI is InChI=1S/C24H33N2O6/c1-5-7-15-22(27)31-19-12-9-11-18(17-19)26(30-4)24-20(25-29-3)13-10-14-21(24)32-23(28)16-8-6-2/h9-14,25H,5-8,15-17H2,1-4H3/q+1/b26-18+. The fourth-order valence-corrected chi connectivity index (χ4v) is 3.14. The van der Waals surface area contributed by atoms with E-state index in [0.29, 0.717) is 47.9 Å². The van der Waals surface area contributed by atoms with Crippen LogP contribution in [-0.4, -0.2) is 36.6 Å². The molecule has 32 heavy (non-hydrogen) atoms. The highest BCUT2D eigenvalue weighted by Crippen LogP contribution is 2.36. The molecule has 0 spiro atoms. The van der Waals surface area contributed by atoms with Crippen LogP contribution in [0.2, 0.25) is 0 Å². The Morgan fingerprint density at radius 2 is 1.72 bits per heavy atom. The monoisotopic (exact) mass is 445 g/mol. The molecule has 1 aliphatic carbocycles. The second kappa shape index (κ2) is 13.3. The van der Waals surface area contributed by atoms with E-state index in [1.807, 2.05) is 19.9 Å². The van der Waals surface area contributed by atoms with Crippen LogP contribution in [0.15, 0.2) is 42.2 Å². The van der Waals surface area contributed by atoms with Gasteiger partial charge in [0.05, 0.1) is 13.5 Å². The van der Waals surface area contributed by atoms with Gasteiger partial charge in [-0.05, 0) is 31.1 Å². The molecule has 0 radical (unpaired) electrons. The van der Waals surface area contributed by atoms with Crippen LogP contribution < -0.4 is 10.2 Å². The summed E-state index contributed by atoms with van der Waals surface area (Å²) in [6.07, 6.45) is 9.76. The molecule has 0 atom stereocenters. The fraction of sp³-hybridized carbons (Fsp3) is 0.458. The van der Waals surface area contributed by atoms with Gasteiger partial charge in [-0.3, -0.25) is 24.7 Å².